The minimum absolute atomic E-state index is 0.229. The molecule has 2 aromatic rings. The maximum Gasteiger partial charge on any atom is 0.271 e. The Morgan fingerprint density at radius 1 is 0.885 bits per heavy atom. The zero-order valence-electron chi connectivity index (χ0n) is 15.5. The Balaban J connectivity index is 1.97. The Morgan fingerprint density at radius 3 is 1.88 bits per heavy atom. The van der Waals surface area contributed by atoms with Gasteiger partial charge in [0.15, 0.2) is 0 Å². The molecular weight excluding hydrogens is 332 g/mol. The van der Waals surface area contributed by atoms with Crippen LogP contribution in [-0.4, -0.2) is 44.3 Å². The van der Waals surface area contributed by atoms with E-state index >= 15 is 0 Å². The summed E-state index contributed by atoms with van der Waals surface area (Å²) in [6, 6.07) is -0.229. The molecule has 1 unspecified atom stereocenters. The summed E-state index contributed by atoms with van der Waals surface area (Å²) in [5.74, 6) is -0.288. The molecule has 26 heavy (non-hydrogen) atoms. The number of amides is 2. The zero-order valence-corrected chi connectivity index (χ0v) is 15.5. The van der Waals surface area contributed by atoms with E-state index in [0.717, 1.165) is 11.4 Å². The topological polar surface area (TPSA) is 110 Å². The van der Waals surface area contributed by atoms with Crippen molar-refractivity contribution in [3.63, 3.8) is 0 Å². The van der Waals surface area contributed by atoms with E-state index in [1.165, 1.54) is 12.4 Å². The third kappa shape index (κ3) is 5.87. The standard InChI is InChI=1S/C18H24N6O2/c1-11(2)5-14(24-18(26)16-10-20-13(4)7-22-16)8-23-17(25)15-9-19-12(3)6-21-15/h6-7,9-11,14H,5,8H2,1-4H3,(H,23,25)(H,24,26). The van der Waals surface area contributed by atoms with Crippen LogP contribution in [-0.2, 0) is 0 Å². The molecule has 0 saturated heterocycles. The van der Waals surface area contributed by atoms with E-state index in [4.69, 9.17) is 0 Å². The summed E-state index contributed by atoms with van der Waals surface area (Å²) >= 11 is 0. The molecule has 2 heterocycles. The van der Waals surface area contributed by atoms with Crippen molar-refractivity contribution in [3.8, 4) is 0 Å². The predicted octanol–water partition coefficient (Wildman–Crippen LogP) is 1.46. The molecular formula is C18H24N6O2. The van der Waals surface area contributed by atoms with E-state index in [-0.39, 0.29) is 35.8 Å². The van der Waals surface area contributed by atoms with Gasteiger partial charge in [-0.25, -0.2) is 9.97 Å². The molecule has 2 N–H and O–H groups in total. The summed E-state index contributed by atoms with van der Waals surface area (Å²) in [6.45, 7) is 8.00. The van der Waals surface area contributed by atoms with Gasteiger partial charge in [0.2, 0.25) is 0 Å². The lowest BCUT2D eigenvalue weighted by molar-refractivity contribution is 0.0898. The van der Waals surface area contributed by atoms with Crippen LogP contribution in [0.5, 0.6) is 0 Å². The first kappa shape index (κ1) is 19.4. The molecule has 138 valence electrons. The second-order valence-electron chi connectivity index (χ2n) is 6.60. The van der Waals surface area contributed by atoms with Gasteiger partial charge in [-0.15, -0.1) is 0 Å². The summed E-state index contributed by atoms with van der Waals surface area (Å²) in [4.78, 5) is 40.8. The first-order valence-corrected chi connectivity index (χ1v) is 8.51. The van der Waals surface area contributed by atoms with Crippen molar-refractivity contribution in [3.05, 3.63) is 47.6 Å². The number of carbonyl (C=O) groups is 2. The molecule has 0 aliphatic carbocycles. The number of hydrogen-bond donors (Lipinski definition) is 2. The molecule has 2 amide bonds. The first-order chi connectivity index (χ1) is 12.3. The molecule has 8 heteroatoms. The van der Waals surface area contributed by atoms with Gasteiger partial charge in [-0.2, -0.15) is 0 Å². The molecule has 0 spiro atoms. The number of aromatic nitrogens is 4. The Hall–Kier alpha value is -2.90. The number of rotatable bonds is 7. The highest BCUT2D eigenvalue weighted by Gasteiger charge is 2.18. The summed E-state index contributed by atoms with van der Waals surface area (Å²) in [7, 11) is 0. The van der Waals surface area contributed by atoms with Gasteiger partial charge in [-0.05, 0) is 26.2 Å². The molecule has 1 atom stereocenters. The zero-order chi connectivity index (χ0) is 19.1. The molecule has 0 saturated carbocycles. The van der Waals surface area contributed by atoms with Crippen LogP contribution in [0.15, 0.2) is 24.8 Å². The molecule has 0 aliphatic rings. The fraction of sp³-hybridized carbons (Fsp3) is 0.444. The highest BCUT2D eigenvalue weighted by molar-refractivity contribution is 5.93. The number of aryl methyl sites for hydroxylation is 2. The van der Waals surface area contributed by atoms with Crippen molar-refractivity contribution in [1.82, 2.24) is 30.6 Å². The quantitative estimate of drug-likeness (QED) is 0.777. The molecule has 0 fully saturated rings. The van der Waals surface area contributed by atoms with Crippen LogP contribution in [0.25, 0.3) is 0 Å². The Kier molecular flexibility index (Phi) is 6.71. The van der Waals surface area contributed by atoms with Gasteiger partial charge in [-0.3, -0.25) is 19.6 Å². The SMILES string of the molecule is Cc1cnc(C(=O)NCC(CC(C)C)NC(=O)c2cnc(C)cn2)cn1. The van der Waals surface area contributed by atoms with Crippen LogP contribution in [0, 0.1) is 19.8 Å². The fourth-order valence-electron chi connectivity index (χ4n) is 2.35. The second kappa shape index (κ2) is 8.98. The van der Waals surface area contributed by atoms with Crippen molar-refractivity contribution >= 4 is 11.8 Å². The molecule has 2 aromatic heterocycles. The molecule has 8 nitrogen and oxygen atoms in total. The highest BCUT2D eigenvalue weighted by Crippen LogP contribution is 2.06. The van der Waals surface area contributed by atoms with Crippen molar-refractivity contribution in [2.24, 2.45) is 5.92 Å². The molecule has 0 aromatic carbocycles. The first-order valence-electron chi connectivity index (χ1n) is 8.51. The minimum Gasteiger partial charge on any atom is -0.349 e. The van der Waals surface area contributed by atoms with Gasteiger partial charge in [0.1, 0.15) is 11.4 Å². The van der Waals surface area contributed by atoms with Crippen molar-refractivity contribution in [2.45, 2.75) is 40.2 Å². The second-order valence-corrected chi connectivity index (χ2v) is 6.60. The fourth-order valence-corrected chi connectivity index (χ4v) is 2.35. The van der Waals surface area contributed by atoms with Crippen LogP contribution < -0.4 is 10.6 Å². The predicted molar refractivity (Wildman–Crippen MR) is 96.6 cm³/mol. The number of hydrogen-bond acceptors (Lipinski definition) is 6. The van der Waals surface area contributed by atoms with Crippen LogP contribution in [0.4, 0.5) is 0 Å². The number of nitrogens with one attached hydrogen (secondary N) is 2. The third-order valence-corrected chi connectivity index (χ3v) is 3.63. The minimum atomic E-state index is -0.323. The van der Waals surface area contributed by atoms with E-state index in [1.807, 2.05) is 0 Å². The lowest BCUT2D eigenvalue weighted by atomic mass is 10.0. The van der Waals surface area contributed by atoms with Gasteiger partial charge in [0.25, 0.3) is 11.8 Å². The third-order valence-electron chi connectivity index (χ3n) is 3.63. The van der Waals surface area contributed by atoms with Crippen molar-refractivity contribution < 1.29 is 9.59 Å². The van der Waals surface area contributed by atoms with E-state index in [1.54, 1.807) is 26.2 Å². The van der Waals surface area contributed by atoms with E-state index in [0.29, 0.717) is 12.3 Å². The van der Waals surface area contributed by atoms with Crippen LogP contribution in [0.1, 0.15) is 52.6 Å². The highest BCUT2D eigenvalue weighted by atomic mass is 16.2. The Labute approximate surface area is 152 Å². The molecule has 2 rings (SSSR count). The maximum absolute atomic E-state index is 12.4. The van der Waals surface area contributed by atoms with Gasteiger partial charge in [0, 0.05) is 25.0 Å². The summed E-state index contributed by atoms with van der Waals surface area (Å²) in [5, 5.41) is 5.71. The Morgan fingerprint density at radius 2 is 1.42 bits per heavy atom. The van der Waals surface area contributed by atoms with Gasteiger partial charge >= 0.3 is 0 Å². The lowest BCUT2D eigenvalue weighted by Crippen LogP contribution is -2.44. The molecule has 0 bridgehead atoms. The van der Waals surface area contributed by atoms with E-state index in [9.17, 15) is 9.59 Å². The van der Waals surface area contributed by atoms with Crippen LogP contribution in [0.2, 0.25) is 0 Å². The van der Waals surface area contributed by atoms with Crippen LogP contribution in [0.3, 0.4) is 0 Å². The lowest BCUT2D eigenvalue weighted by Gasteiger charge is -2.21. The monoisotopic (exact) mass is 356 g/mol. The molecule has 0 aliphatic heterocycles. The number of nitrogens with zero attached hydrogens (tertiary/aromatic N) is 4. The van der Waals surface area contributed by atoms with Crippen molar-refractivity contribution in [2.75, 3.05) is 6.54 Å². The van der Waals surface area contributed by atoms with Gasteiger partial charge < -0.3 is 10.6 Å². The van der Waals surface area contributed by atoms with E-state index in [2.05, 4.69) is 44.4 Å². The van der Waals surface area contributed by atoms with Gasteiger partial charge in [0.05, 0.1) is 23.8 Å². The smallest absolute Gasteiger partial charge is 0.271 e. The normalized spacial score (nSPS) is 11.9. The van der Waals surface area contributed by atoms with E-state index < -0.39 is 0 Å². The Bertz CT molecular complexity index is 743. The van der Waals surface area contributed by atoms with Gasteiger partial charge in [-0.1, -0.05) is 13.8 Å². The van der Waals surface area contributed by atoms with Crippen molar-refractivity contribution in [1.29, 1.82) is 0 Å². The maximum atomic E-state index is 12.4. The summed E-state index contributed by atoms with van der Waals surface area (Å²) in [5.41, 5.74) is 1.98. The summed E-state index contributed by atoms with van der Waals surface area (Å²) < 4.78 is 0. The molecule has 0 radical (unpaired) electrons. The average Bonchev–Trinajstić information content (AvgIpc) is 2.60. The number of carbonyl (C=O) groups excluding carboxylic acids is 2. The largest absolute Gasteiger partial charge is 0.349 e. The van der Waals surface area contributed by atoms with Crippen LogP contribution >= 0.6 is 0 Å². The summed E-state index contributed by atoms with van der Waals surface area (Å²) in [6.07, 6.45) is 6.67. The average molecular weight is 356 g/mol.